The fourth-order valence-electron chi connectivity index (χ4n) is 6.25. The molecule has 6 aliphatic rings. The first-order valence-corrected chi connectivity index (χ1v) is 9.69. The standard InChI is InChI=1S/C25H16O2/c26-24-18-12-9-10-13(11-12)19(18)25(27)23-21-15-6-2-1-5-14(15)20(22(23)24)16-7-3-4-8-17(16)21/h1-10,12-13,20-21H,11H2. The van der Waals surface area contributed by atoms with Gasteiger partial charge in [-0.15, -0.1) is 0 Å². The zero-order valence-electron chi connectivity index (χ0n) is 14.6. The molecular formula is C25H16O2. The minimum absolute atomic E-state index is 0.106. The Bertz CT molecular complexity index is 1070. The summed E-state index contributed by atoms with van der Waals surface area (Å²) in [7, 11) is 0. The van der Waals surface area contributed by atoms with Crippen LogP contribution < -0.4 is 0 Å². The highest BCUT2D eigenvalue weighted by Crippen LogP contribution is 2.60. The van der Waals surface area contributed by atoms with Gasteiger partial charge >= 0.3 is 0 Å². The Hall–Kier alpha value is -3.00. The molecule has 0 saturated carbocycles. The Morgan fingerprint density at radius 3 is 1.30 bits per heavy atom. The van der Waals surface area contributed by atoms with Gasteiger partial charge in [0, 0.05) is 46.0 Å². The van der Waals surface area contributed by atoms with Crippen LogP contribution in [-0.4, -0.2) is 11.6 Å². The van der Waals surface area contributed by atoms with E-state index in [2.05, 4.69) is 36.4 Å². The number of fused-ring (bicyclic) bond motifs is 4. The van der Waals surface area contributed by atoms with Gasteiger partial charge in [-0.05, 0) is 28.7 Å². The van der Waals surface area contributed by atoms with Gasteiger partial charge in [-0.2, -0.15) is 0 Å². The zero-order chi connectivity index (χ0) is 17.9. The third-order valence-corrected chi connectivity index (χ3v) is 7.20. The van der Waals surface area contributed by atoms with Crippen molar-refractivity contribution in [1.29, 1.82) is 0 Å². The summed E-state index contributed by atoms with van der Waals surface area (Å²) in [6, 6.07) is 16.7. The highest BCUT2D eigenvalue weighted by atomic mass is 16.1. The second-order valence-corrected chi connectivity index (χ2v) is 8.27. The molecule has 2 atom stereocenters. The molecule has 0 radical (unpaired) electrons. The average molecular weight is 348 g/mol. The van der Waals surface area contributed by atoms with Crippen molar-refractivity contribution in [3.05, 3.63) is 105 Å². The first kappa shape index (κ1) is 14.1. The van der Waals surface area contributed by atoms with E-state index in [9.17, 15) is 9.59 Å². The molecule has 27 heavy (non-hydrogen) atoms. The number of allylic oxidation sites excluding steroid dienone is 6. The number of hydrogen-bond acceptors (Lipinski definition) is 2. The van der Waals surface area contributed by atoms with Gasteiger partial charge in [-0.3, -0.25) is 9.59 Å². The summed E-state index contributed by atoms with van der Waals surface area (Å²) in [5, 5.41) is 0. The Balaban J connectivity index is 1.55. The molecule has 0 fully saturated rings. The molecule has 0 aliphatic heterocycles. The monoisotopic (exact) mass is 348 g/mol. The van der Waals surface area contributed by atoms with Crippen LogP contribution in [0.15, 0.2) is 83.0 Å². The minimum atomic E-state index is -0.106. The summed E-state index contributed by atoms with van der Waals surface area (Å²) in [5.41, 5.74) is 7.92. The third kappa shape index (κ3) is 1.44. The second-order valence-electron chi connectivity index (χ2n) is 8.27. The quantitative estimate of drug-likeness (QED) is 0.527. The number of rotatable bonds is 0. The number of carbonyl (C=O) groups is 2. The van der Waals surface area contributed by atoms with E-state index in [1.165, 1.54) is 22.3 Å². The van der Waals surface area contributed by atoms with Crippen LogP contribution in [0.2, 0.25) is 0 Å². The van der Waals surface area contributed by atoms with E-state index in [1.807, 2.05) is 24.3 Å². The van der Waals surface area contributed by atoms with Crippen molar-refractivity contribution in [3.63, 3.8) is 0 Å². The molecule has 2 heteroatoms. The molecule has 0 spiro atoms. The van der Waals surface area contributed by atoms with E-state index in [1.54, 1.807) is 0 Å². The Kier molecular flexibility index (Phi) is 2.33. The van der Waals surface area contributed by atoms with Crippen LogP contribution in [0.25, 0.3) is 0 Å². The second kappa shape index (κ2) is 4.45. The third-order valence-electron chi connectivity index (χ3n) is 7.20. The lowest BCUT2D eigenvalue weighted by molar-refractivity contribution is -0.117. The van der Waals surface area contributed by atoms with E-state index in [-0.39, 0.29) is 35.2 Å². The highest BCUT2D eigenvalue weighted by molar-refractivity contribution is 6.29. The summed E-state index contributed by atoms with van der Waals surface area (Å²) >= 11 is 0. The Labute approximate surface area is 156 Å². The Morgan fingerprint density at radius 2 is 0.926 bits per heavy atom. The van der Waals surface area contributed by atoms with Crippen molar-refractivity contribution in [2.24, 2.45) is 11.8 Å². The molecule has 0 heterocycles. The number of carbonyl (C=O) groups excluding carboxylic acids is 2. The normalized spacial score (nSPS) is 31.3. The van der Waals surface area contributed by atoms with Crippen molar-refractivity contribution < 1.29 is 9.59 Å². The molecule has 2 unspecified atom stereocenters. The molecule has 2 nitrogen and oxygen atoms in total. The van der Waals surface area contributed by atoms with Gasteiger partial charge in [0.1, 0.15) is 0 Å². The van der Waals surface area contributed by atoms with Crippen molar-refractivity contribution in [1.82, 2.24) is 0 Å². The first-order valence-electron chi connectivity index (χ1n) is 9.69. The number of benzene rings is 2. The highest BCUT2D eigenvalue weighted by Gasteiger charge is 2.54. The van der Waals surface area contributed by atoms with Crippen molar-refractivity contribution in [2.45, 2.75) is 18.3 Å². The average Bonchev–Trinajstić information content (AvgIpc) is 3.33. The lowest BCUT2D eigenvalue weighted by atomic mass is 9.56. The summed E-state index contributed by atoms with van der Waals surface area (Å²) < 4.78 is 0. The largest absolute Gasteiger partial charge is 0.289 e. The van der Waals surface area contributed by atoms with Crippen LogP contribution in [0.1, 0.15) is 40.5 Å². The van der Waals surface area contributed by atoms with E-state index >= 15 is 0 Å². The molecule has 4 bridgehead atoms. The zero-order valence-corrected chi connectivity index (χ0v) is 14.6. The molecule has 8 rings (SSSR count). The van der Waals surface area contributed by atoms with Crippen molar-refractivity contribution >= 4 is 11.6 Å². The van der Waals surface area contributed by atoms with Gasteiger partial charge < -0.3 is 0 Å². The molecule has 0 aromatic heterocycles. The van der Waals surface area contributed by atoms with E-state index < -0.39 is 0 Å². The topological polar surface area (TPSA) is 34.1 Å². The molecular weight excluding hydrogens is 332 g/mol. The lowest BCUT2D eigenvalue weighted by Crippen LogP contribution is -2.38. The van der Waals surface area contributed by atoms with Crippen LogP contribution in [0.5, 0.6) is 0 Å². The summed E-state index contributed by atoms with van der Waals surface area (Å²) in [6.45, 7) is 0. The van der Waals surface area contributed by atoms with Gasteiger partial charge in [0.2, 0.25) is 0 Å². The molecule has 2 aromatic carbocycles. The molecule has 128 valence electrons. The van der Waals surface area contributed by atoms with E-state index in [0.717, 1.165) is 28.7 Å². The number of ketones is 2. The maximum absolute atomic E-state index is 13.7. The number of hydrogen-bond donors (Lipinski definition) is 0. The predicted molar refractivity (Wildman–Crippen MR) is 101 cm³/mol. The van der Waals surface area contributed by atoms with Crippen LogP contribution in [-0.2, 0) is 9.59 Å². The molecule has 0 amide bonds. The van der Waals surface area contributed by atoms with E-state index in [4.69, 9.17) is 0 Å². The fraction of sp³-hybridized carbons (Fsp3) is 0.200. The Morgan fingerprint density at radius 1 is 0.556 bits per heavy atom. The maximum Gasteiger partial charge on any atom is 0.187 e. The van der Waals surface area contributed by atoms with Gasteiger partial charge in [0.25, 0.3) is 0 Å². The number of Topliss-reactive ketones (excluding diaryl/α,β-unsaturated/α-hetero) is 2. The maximum atomic E-state index is 13.7. The van der Waals surface area contributed by atoms with Crippen LogP contribution in [0.4, 0.5) is 0 Å². The fourth-order valence-corrected chi connectivity index (χ4v) is 6.25. The van der Waals surface area contributed by atoms with Crippen molar-refractivity contribution in [3.8, 4) is 0 Å². The summed E-state index contributed by atoms with van der Waals surface area (Å²) in [6.07, 6.45) is 5.16. The lowest BCUT2D eigenvalue weighted by Gasteiger charge is -2.44. The van der Waals surface area contributed by atoms with Gasteiger partial charge in [-0.1, -0.05) is 60.7 Å². The molecule has 0 saturated heterocycles. The van der Waals surface area contributed by atoms with Crippen LogP contribution >= 0.6 is 0 Å². The SMILES string of the molecule is O=C1C2=C(C(=O)C3=C1C1c4ccccc4C3c3ccccc31)C1C=CC2C1. The molecule has 0 N–H and O–H groups in total. The van der Waals surface area contributed by atoms with Crippen LogP contribution in [0.3, 0.4) is 0 Å². The van der Waals surface area contributed by atoms with Gasteiger partial charge in [0.15, 0.2) is 11.6 Å². The molecule has 6 aliphatic carbocycles. The summed E-state index contributed by atoms with van der Waals surface area (Å²) in [5.74, 6) is 0.339. The molecule has 2 aromatic rings. The first-order chi connectivity index (χ1) is 13.3. The van der Waals surface area contributed by atoms with E-state index in [0.29, 0.717) is 0 Å². The van der Waals surface area contributed by atoms with Crippen LogP contribution in [0, 0.1) is 11.8 Å². The van der Waals surface area contributed by atoms with Gasteiger partial charge in [0.05, 0.1) is 0 Å². The summed E-state index contributed by atoms with van der Waals surface area (Å²) in [4.78, 5) is 27.4. The van der Waals surface area contributed by atoms with Crippen molar-refractivity contribution in [2.75, 3.05) is 0 Å². The predicted octanol–water partition coefficient (Wildman–Crippen LogP) is 4.23. The smallest absolute Gasteiger partial charge is 0.187 e. The minimum Gasteiger partial charge on any atom is -0.289 e. The van der Waals surface area contributed by atoms with Gasteiger partial charge in [-0.25, -0.2) is 0 Å².